The van der Waals surface area contributed by atoms with E-state index < -0.39 is 0 Å². The molecule has 2 saturated heterocycles. The molecule has 3 aliphatic rings. The van der Waals surface area contributed by atoms with Crippen molar-refractivity contribution in [1.29, 1.82) is 0 Å². The normalized spacial score (nSPS) is 20.8. The summed E-state index contributed by atoms with van der Waals surface area (Å²) in [6, 6.07) is 6.25. The van der Waals surface area contributed by atoms with E-state index in [0.717, 1.165) is 82.6 Å². The van der Waals surface area contributed by atoms with E-state index in [-0.39, 0.29) is 29.7 Å². The number of piperidine rings is 1. The molecule has 1 aromatic carbocycles. The highest BCUT2D eigenvalue weighted by Crippen LogP contribution is 2.33. The van der Waals surface area contributed by atoms with Crippen molar-refractivity contribution in [2.45, 2.75) is 84.7 Å². The summed E-state index contributed by atoms with van der Waals surface area (Å²) in [6.45, 7) is 13.7. The fourth-order valence-corrected chi connectivity index (χ4v) is 6.57. The Hall–Kier alpha value is -2.65. The van der Waals surface area contributed by atoms with Gasteiger partial charge in [0.05, 0.1) is 6.61 Å². The van der Waals surface area contributed by atoms with Gasteiger partial charge < -0.3 is 29.5 Å². The Morgan fingerprint density at radius 3 is 2.33 bits per heavy atom. The first-order valence-electron chi connectivity index (χ1n) is 16.5. The van der Waals surface area contributed by atoms with Crippen molar-refractivity contribution in [1.82, 2.24) is 20.0 Å². The average Bonchev–Trinajstić information content (AvgIpc) is 3.74. The molecule has 2 unspecified atom stereocenters. The summed E-state index contributed by atoms with van der Waals surface area (Å²) in [4.78, 5) is 45.2. The molecule has 1 aliphatic carbocycles. The van der Waals surface area contributed by atoms with Gasteiger partial charge in [-0.25, -0.2) is 0 Å². The Bertz CT molecular complexity index is 1080. The number of likely N-dealkylation sites (tertiary alicyclic amines) is 1. The number of benzene rings is 1. The predicted octanol–water partition coefficient (Wildman–Crippen LogP) is 3.99. The van der Waals surface area contributed by atoms with Crippen LogP contribution < -0.4 is 10.1 Å². The lowest BCUT2D eigenvalue weighted by Crippen LogP contribution is -2.45. The van der Waals surface area contributed by atoms with Crippen LogP contribution >= 0.6 is 0 Å². The van der Waals surface area contributed by atoms with Crippen LogP contribution in [0.15, 0.2) is 18.2 Å². The largest absolute Gasteiger partial charge is 0.493 e. The Kier molecular flexibility index (Phi) is 12.3. The third-order valence-electron chi connectivity index (χ3n) is 9.50. The standard InChI is InChI=1S/C34H54N4O5/c1-6-27-8-9-28(19-32(27)43-17-7-16-42-5)34(41)37(24(2)3)22-29-20-35-21-30(29)23-38(31-10-11-31)33(40)18-26-12-14-36(15-13-26)25(4)39/h8-9,19,24,26,29-31,35H,6-7,10-18,20-23H2,1-5H3. The van der Waals surface area contributed by atoms with Gasteiger partial charge in [-0.15, -0.1) is 0 Å². The first-order valence-corrected chi connectivity index (χ1v) is 16.5. The zero-order chi connectivity index (χ0) is 30.9. The summed E-state index contributed by atoms with van der Waals surface area (Å²) in [6.07, 6.45) is 6.19. The number of carbonyl (C=O) groups is 3. The minimum Gasteiger partial charge on any atom is -0.493 e. The second kappa shape index (κ2) is 15.9. The summed E-state index contributed by atoms with van der Waals surface area (Å²) in [5.74, 6) is 2.13. The summed E-state index contributed by atoms with van der Waals surface area (Å²) < 4.78 is 11.2. The molecule has 2 aliphatic heterocycles. The van der Waals surface area contributed by atoms with Gasteiger partial charge in [-0.1, -0.05) is 13.0 Å². The number of methoxy groups -OCH3 is 1. The maximum absolute atomic E-state index is 13.9. The molecule has 9 heteroatoms. The summed E-state index contributed by atoms with van der Waals surface area (Å²) in [5, 5.41) is 3.56. The van der Waals surface area contributed by atoms with Crippen molar-refractivity contribution in [3.8, 4) is 5.75 Å². The lowest BCUT2D eigenvalue weighted by atomic mass is 9.91. The first-order chi connectivity index (χ1) is 20.7. The molecule has 3 fully saturated rings. The molecule has 3 amide bonds. The van der Waals surface area contributed by atoms with E-state index in [2.05, 4.69) is 31.0 Å². The highest BCUT2D eigenvalue weighted by molar-refractivity contribution is 5.95. The van der Waals surface area contributed by atoms with Crippen LogP contribution in [-0.4, -0.2) is 104 Å². The van der Waals surface area contributed by atoms with E-state index in [1.807, 2.05) is 28.0 Å². The summed E-state index contributed by atoms with van der Waals surface area (Å²) in [5.41, 5.74) is 1.75. The molecule has 1 aromatic rings. The highest BCUT2D eigenvalue weighted by atomic mass is 16.5. The third kappa shape index (κ3) is 9.17. The smallest absolute Gasteiger partial charge is 0.254 e. The summed E-state index contributed by atoms with van der Waals surface area (Å²) in [7, 11) is 1.69. The van der Waals surface area contributed by atoms with Crippen LogP contribution in [0.3, 0.4) is 0 Å². The van der Waals surface area contributed by atoms with Crippen LogP contribution in [0.4, 0.5) is 0 Å². The fraction of sp³-hybridized carbons (Fsp3) is 0.735. The molecule has 2 heterocycles. The lowest BCUT2D eigenvalue weighted by molar-refractivity contribution is -0.134. The van der Waals surface area contributed by atoms with Crippen molar-refractivity contribution in [3.05, 3.63) is 29.3 Å². The minimum absolute atomic E-state index is 0.0251. The van der Waals surface area contributed by atoms with Gasteiger partial charge in [0.2, 0.25) is 11.8 Å². The van der Waals surface area contributed by atoms with E-state index in [1.54, 1.807) is 14.0 Å². The lowest BCUT2D eigenvalue weighted by Gasteiger charge is -2.35. The van der Waals surface area contributed by atoms with Crippen LogP contribution in [-0.2, 0) is 20.7 Å². The third-order valence-corrected chi connectivity index (χ3v) is 9.50. The SMILES string of the molecule is CCc1ccc(C(=O)N(CC2CNCC2CN(C(=O)CC2CCN(C(C)=O)CC2)C2CC2)C(C)C)cc1OCCCOC. The van der Waals surface area contributed by atoms with Gasteiger partial charge in [0, 0.05) is 90.4 Å². The number of ether oxygens (including phenoxy) is 2. The van der Waals surface area contributed by atoms with Crippen LogP contribution in [0.25, 0.3) is 0 Å². The maximum atomic E-state index is 13.9. The number of rotatable bonds is 15. The molecule has 4 rings (SSSR count). The first kappa shape index (κ1) is 33.2. The van der Waals surface area contributed by atoms with Crippen molar-refractivity contribution in [2.24, 2.45) is 17.8 Å². The van der Waals surface area contributed by atoms with Crippen molar-refractivity contribution >= 4 is 17.7 Å². The molecular weight excluding hydrogens is 544 g/mol. The van der Waals surface area contributed by atoms with Crippen LogP contribution in [0.1, 0.15) is 82.1 Å². The molecule has 240 valence electrons. The van der Waals surface area contributed by atoms with Crippen molar-refractivity contribution < 1.29 is 23.9 Å². The highest BCUT2D eigenvalue weighted by Gasteiger charge is 2.39. The quantitative estimate of drug-likeness (QED) is 0.307. The molecule has 0 aromatic heterocycles. The molecule has 0 spiro atoms. The molecule has 0 bridgehead atoms. The predicted molar refractivity (Wildman–Crippen MR) is 168 cm³/mol. The monoisotopic (exact) mass is 598 g/mol. The van der Waals surface area contributed by atoms with Gasteiger partial charge in [0.25, 0.3) is 5.91 Å². The molecule has 1 saturated carbocycles. The molecule has 2 atom stereocenters. The van der Waals surface area contributed by atoms with Gasteiger partial charge in [0.1, 0.15) is 5.75 Å². The van der Waals surface area contributed by atoms with Gasteiger partial charge in [-0.3, -0.25) is 14.4 Å². The number of amides is 3. The van der Waals surface area contributed by atoms with Gasteiger partial charge in [-0.05, 0) is 81.4 Å². The molecule has 43 heavy (non-hydrogen) atoms. The zero-order valence-corrected chi connectivity index (χ0v) is 27.1. The Balaban J connectivity index is 1.38. The van der Waals surface area contributed by atoms with Crippen LogP contribution in [0.5, 0.6) is 5.75 Å². The average molecular weight is 599 g/mol. The van der Waals surface area contributed by atoms with E-state index in [1.165, 1.54) is 0 Å². The number of aryl methyl sites for hydroxylation is 1. The number of hydrogen-bond acceptors (Lipinski definition) is 6. The minimum atomic E-state index is 0.0251. The van der Waals surface area contributed by atoms with Gasteiger partial charge >= 0.3 is 0 Å². The van der Waals surface area contributed by atoms with E-state index in [4.69, 9.17) is 9.47 Å². The van der Waals surface area contributed by atoms with E-state index >= 15 is 0 Å². The second-order valence-corrected chi connectivity index (χ2v) is 13.0. The van der Waals surface area contributed by atoms with Crippen LogP contribution in [0.2, 0.25) is 0 Å². The van der Waals surface area contributed by atoms with Crippen molar-refractivity contribution in [3.63, 3.8) is 0 Å². The number of hydrogen-bond donors (Lipinski definition) is 1. The van der Waals surface area contributed by atoms with E-state index in [0.29, 0.717) is 49.6 Å². The number of nitrogens with one attached hydrogen (secondary N) is 1. The van der Waals surface area contributed by atoms with Crippen LogP contribution in [0, 0.1) is 17.8 Å². The molecule has 9 nitrogen and oxygen atoms in total. The number of carbonyl (C=O) groups excluding carboxylic acids is 3. The van der Waals surface area contributed by atoms with E-state index in [9.17, 15) is 14.4 Å². The fourth-order valence-electron chi connectivity index (χ4n) is 6.57. The Morgan fingerprint density at radius 2 is 1.72 bits per heavy atom. The Labute approximate surface area is 258 Å². The number of nitrogens with zero attached hydrogens (tertiary/aromatic N) is 3. The van der Waals surface area contributed by atoms with Gasteiger partial charge in [0.15, 0.2) is 0 Å². The zero-order valence-electron chi connectivity index (χ0n) is 27.1. The summed E-state index contributed by atoms with van der Waals surface area (Å²) >= 11 is 0. The van der Waals surface area contributed by atoms with Gasteiger partial charge in [-0.2, -0.15) is 0 Å². The second-order valence-electron chi connectivity index (χ2n) is 13.0. The topological polar surface area (TPSA) is 91.4 Å². The molecule has 1 N–H and O–H groups in total. The Morgan fingerprint density at radius 1 is 1.02 bits per heavy atom. The molecular formula is C34H54N4O5. The van der Waals surface area contributed by atoms with Crippen molar-refractivity contribution in [2.75, 3.05) is 59.6 Å². The molecule has 0 radical (unpaired) electrons. The maximum Gasteiger partial charge on any atom is 0.254 e.